The summed E-state index contributed by atoms with van der Waals surface area (Å²) in [5, 5.41) is 15.3. The van der Waals surface area contributed by atoms with E-state index in [1.165, 1.54) is 6.07 Å². The Labute approximate surface area is 135 Å². The molecule has 23 heavy (non-hydrogen) atoms. The smallest absolute Gasteiger partial charge is 0.129 e. The van der Waals surface area contributed by atoms with Crippen molar-refractivity contribution in [1.29, 1.82) is 5.26 Å². The molecule has 1 aliphatic heterocycles. The summed E-state index contributed by atoms with van der Waals surface area (Å²) in [6.07, 6.45) is 2.20. The number of nitrogens with one attached hydrogen (secondary N) is 2. The molecular formula is C18H19FN4. The molecule has 118 valence electrons. The molecule has 0 saturated carbocycles. The highest BCUT2D eigenvalue weighted by molar-refractivity contribution is 5.39. The zero-order valence-corrected chi connectivity index (χ0v) is 12.8. The van der Waals surface area contributed by atoms with Crippen molar-refractivity contribution in [3.8, 4) is 6.07 Å². The van der Waals surface area contributed by atoms with E-state index in [4.69, 9.17) is 5.26 Å². The number of piperidine rings is 1. The van der Waals surface area contributed by atoms with Gasteiger partial charge >= 0.3 is 0 Å². The lowest BCUT2D eigenvalue weighted by Crippen LogP contribution is -2.27. The van der Waals surface area contributed by atoms with Crippen LogP contribution in [-0.2, 0) is 6.54 Å². The standard InChI is InChI=1S/C18H19FN4/c19-16-10-13(11-20)4-5-15(16)12-22-18-3-1-2-17(23-18)14-6-8-21-9-7-14/h1-5,10,14,21H,6-9,12H2,(H,22,23). The lowest BCUT2D eigenvalue weighted by molar-refractivity contribution is 0.453. The SMILES string of the molecule is N#Cc1ccc(CNc2cccc(C3CCNCC3)n2)c(F)c1. The van der Waals surface area contributed by atoms with Crippen LogP contribution in [0.4, 0.5) is 10.2 Å². The van der Waals surface area contributed by atoms with Crippen molar-refractivity contribution < 1.29 is 4.39 Å². The summed E-state index contributed by atoms with van der Waals surface area (Å²) in [5.41, 5.74) is 1.95. The minimum absolute atomic E-state index is 0.331. The highest BCUT2D eigenvalue weighted by Gasteiger charge is 2.16. The molecule has 0 amide bonds. The monoisotopic (exact) mass is 310 g/mol. The molecule has 0 radical (unpaired) electrons. The Morgan fingerprint density at radius 2 is 2.09 bits per heavy atom. The van der Waals surface area contributed by atoms with E-state index in [0.29, 0.717) is 23.6 Å². The highest BCUT2D eigenvalue weighted by atomic mass is 19.1. The average Bonchev–Trinajstić information content (AvgIpc) is 2.61. The Morgan fingerprint density at radius 3 is 2.83 bits per heavy atom. The molecule has 2 heterocycles. The number of hydrogen-bond donors (Lipinski definition) is 2. The first-order chi connectivity index (χ1) is 11.3. The second kappa shape index (κ2) is 7.21. The second-order valence-electron chi connectivity index (χ2n) is 5.74. The van der Waals surface area contributed by atoms with E-state index in [0.717, 1.165) is 37.4 Å². The first-order valence-corrected chi connectivity index (χ1v) is 7.86. The Kier molecular flexibility index (Phi) is 4.84. The molecule has 1 aromatic carbocycles. The van der Waals surface area contributed by atoms with Crippen LogP contribution in [0.3, 0.4) is 0 Å². The van der Waals surface area contributed by atoms with Crippen molar-refractivity contribution in [1.82, 2.24) is 10.3 Å². The van der Waals surface area contributed by atoms with E-state index in [1.807, 2.05) is 18.2 Å². The zero-order valence-electron chi connectivity index (χ0n) is 12.8. The van der Waals surface area contributed by atoms with E-state index in [9.17, 15) is 4.39 Å². The molecule has 1 aliphatic rings. The molecule has 0 aliphatic carbocycles. The summed E-state index contributed by atoms with van der Waals surface area (Å²) >= 11 is 0. The van der Waals surface area contributed by atoms with E-state index in [1.54, 1.807) is 12.1 Å². The number of benzene rings is 1. The first-order valence-electron chi connectivity index (χ1n) is 7.86. The van der Waals surface area contributed by atoms with Gasteiger partial charge in [0.15, 0.2) is 0 Å². The number of nitrogens with zero attached hydrogens (tertiary/aromatic N) is 2. The van der Waals surface area contributed by atoms with Gasteiger partial charge in [0.2, 0.25) is 0 Å². The molecule has 0 atom stereocenters. The van der Waals surface area contributed by atoms with Gasteiger partial charge in [0.1, 0.15) is 11.6 Å². The lowest BCUT2D eigenvalue weighted by atomic mass is 9.94. The summed E-state index contributed by atoms with van der Waals surface area (Å²) in [4.78, 5) is 4.66. The Morgan fingerprint density at radius 1 is 1.26 bits per heavy atom. The maximum Gasteiger partial charge on any atom is 0.129 e. The number of aromatic nitrogens is 1. The summed E-state index contributed by atoms with van der Waals surface area (Å²) in [6, 6.07) is 12.4. The molecule has 1 aromatic heterocycles. The lowest BCUT2D eigenvalue weighted by Gasteiger charge is -2.22. The number of hydrogen-bond acceptors (Lipinski definition) is 4. The predicted molar refractivity (Wildman–Crippen MR) is 87.5 cm³/mol. The summed E-state index contributed by atoms with van der Waals surface area (Å²) in [6.45, 7) is 2.40. The fourth-order valence-corrected chi connectivity index (χ4v) is 2.84. The number of halogens is 1. The van der Waals surface area contributed by atoms with Gasteiger partial charge in [-0.25, -0.2) is 9.37 Å². The van der Waals surface area contributed by atoms with Crippen LogP contribution in [0.25, 0.3) is 0 Å². The largest absolute Gasteiger partial charge is 0.366 e. The number of nitriles is 1. The maximum absolute atomic E-state index is 13.9. The van der Waals surface area contributed by atoms with Gasteiger partial charge in [-0.3, -0.25) is 0 Å². The highest BCUT2D eigenvalue weighted by Crippen LogP contribution is 2.24. The van der Waals surface area contributed by atoms with Crippen molar-refractivity contribution in [2.75, 3.05) is 18.4 Å². The molecule has 1 fully saturated rings. The molecule has 0 spiro atoms. The van der Waals surface area contributed by atoms with Crippen molar-refractivity contribution in [2.24, 2.45) is 0 Å². The zero-order chi connectivity index (χ0) is 16.1. The van der Waals surface area contributed by atoms with Crippen LogP contribution < -0.4 is 10.6 Å². The van der Waals surface area contributed by atoms with Gasteiger partial charge in [-0.05, 0) is 50.2 Å². The quantitative estimate of drug-likeness (QED) is 0.910. The Hall–Kier alpha value is -2.45. The minimum atomic E-state index is -0.369. The third-order valence-corrected chi connectivity index (χ3v) is 4.17. The number of rotatable bonds is 4. The van der Waals surface area contributed by atoms with Gasteiger partial charge in [-0.15, -0.1) is 0 Å². The van der Waals surface area contributed by atoms with Crippen molar-refractivity contribution >= 4 is 5.82 Å². The number of anilines is 1. The topological polar surface area (TPSA) is 60.7 Å². The van der Waals surface area contributed by atoms with Gasteiger partial charge in [0, 0.05) is 23.7 Å². The van der Waals surface area contributed by atoms with E-state index in [-0.39, 0.29) is 5.82 Å². The van der Waals surface area contributed by atoms with Gasteiger partial charge < -0.3 is 10.6 Å². The molecule has 5 heteroatoms. The maximum atomic E-state index is 13.9. The molecule has 3 rings (SSSR count). The molecular weight excluding hydrogens is 291 g/mol. The van der Waals surface area contributed by atoms with Crippen LogP contribution in [0.5, 0.6) is 0 Å². The van der Waals surface area contributed by atoms with Gasteiger partial charge in [0.05, 0.1) is 11.6 Å². The van der Waals surface area contributed by atoms with Crippen molar-refractivity contribution in [2.45, 2.75) is 25.3 Å². The van der Waals surface area contributed by atoms with Crippen LogP contribution in [0.2, 0.25) is 0 Å². The van der Waals surface area contributed by atoms with Gasteiger partial charge in [-0.1, -0.05) is 12.1 Å². The normalized spacial score (nSPS) is 15.1. The van der Waals surface area contributed by atoms with E-state index >= 15 is 0 Å². The summed E-state index contributed by atoms with van der Waals surface area (Å²) in [5.74, 6) is 0.875. The molecule has 2 aromatic rings. The van der Waals surface area contributed by atoms with Crippen LogP contribution in [0, 0.1) is 17.1 Å². The Bertz CT molecular complexity index is 717. The van der Waals surface area contributed by atoms with Crippen LogP contribution in [0.1, 0.15) is 35.6 Å². The van der Waals surface area contributed by atoms with Crippen molar-refractivity contribution in [3.05, 3.63) is 59.0 Å². The van der Waals surface area contributed by atoms with Gasteiger partial charge in [-0.2, -0.15) is 5.26 Å². The summed E-state index contributed by atoms with van der Waals surface area (Å²) < 4.78 is 13.9. The van der Waals surface area contributed by atoms with Crippen molar-refractivity contribution in [3.63, 3.8) is 0 Å². The molecule has 1 saturated heterocycles. The average molecular weight is 310 g/mol. The summed E-state index contributed by atoms with van der Waals surface area (Å²) in [7, 11) is 0. The third-order valence-electron chi connectivity index (χ3n) is 4.17. The second-order valence-corrected chi connectivity index (χ2v) is 5.74. The number of pyridine rings is 1. The van der Waals surface area contributed by atoms with E-state index in [2.05, 4.69) is 21.7 Å². The Balaban J connectivity index is 1.67. The first kappa shape index (κ1) is 15.4. The molecule has 0 unspecified atom stereocenters. The fraction of sp³-hybridized carbons (Fsp3) is 0.333. The van der Waals surface area contributed by atoms with E-state index < -0.39 is 0 Å². The fourth-order valence-electron chi connectivity index (χ4n) is 2.84. The van der Waals surface area contributed by atoms with Crippen LogP contribution in [-0.4, -0.2) is 18.1 Å². The van der Waals surface area contributed by atoms with Crippen LogP contribution in [0.15, 0.2) is 36.4 Å². The molecule has 0 bridgehead atoms. The van der Waals surface area contributed by atoms with Crippen LogP contribution >= 0.6 is 0 Å². The third kappa shape index (κ3) is 3.85. The van der Waals surface area contributed by atoms with Gasteiger partial charge in [0.25, 0.3) is 0 Å². The minimum Gasteiger partial charge on any atom is -0.366 e. The molecule has 2 N–H and O–H groups in total. The molecule has 4 nitrogen and oxygen atoms in total. The predicted octanol–water partition coefficient (Wildman–Crippen LogP) is 3.17.